The zero-order valence-corrected chi connectivity index (χ0v) is 23.1. The molecule has 0 saturated carbocycles. The summed E-state index contributed by atoms with van der Waals surface area (Å²) in [6, 6.07) is 11.2. The zero-order chi connectivity index (χ0) is 25.9. The van der Waals surface area contributed by atoms with Crippen molar-refractivity contribution in [3.05, 3.63) is 69.7 Å². The lowest BCUT2D eigenvalue weighted by Crippen LogP contribution is -2.28. The number of thioether (sulfide) groups is 1. The fourth-order valence-electron chi connectivity index (χ4n) is 3.89. The van der Waals surface area contributed by atoms with Crippen LogP contribution in [-0.2, 0) is 10.5 Å². The lowest BCUT2D eigenvalue weighted by atomic mass is 10.1. The third kappa shape index (κ3) is 8.49. The Balaban J connectivity index is 1.70. The number of rotatable bonds is 14. The Kier molecular flexibility index (Phi) is 11.5. The molecule has 3 rings (SSSR count). The van der Waals surface area contributed by atoms with E-state index in [0.717, 1.165) is 18.4 Å². The van der Waals surface area contributed by atoms with Crippen LogP contribution in [0.25, 0.3) is 5.69 Å². The molecule has 1 N–H and O–H groups in total. The van der Waals surface area contributed by atoms with Gasteiger partial charge in [0.05, 0.1) is 16.8 Å². The van der Waals surface area contributed by atoms with Crippen molar-refractivity contribution in [2.75, 3.05) is 0 Å². The van der Waals surface area contributed by atoms with E-state index in [4.69, 9.17) is 23.2 Å². The number of hydrogen-bond acceptors (Lipinski definition) is 4. The van der Waals surface area contributed by atoms with Gasteiger partial charge in [-0.1, -0.05) is 92.5 Å². The monoisotopic (exact) mass is 550 g/mol. The summed E-state index contributed by atoms with van der Waals surface area (Å²) < 4.78 is 15.1. The smallest absolute Gasteiger partial charge is 0.220 e. The summed E-state index contributed by atoms with van der Waals surface area (Å²) in [7, 11) is 0. The first-order chi connectivity index (χ1) is 17.4. The molecule has 2 aromatic carbocycles. The molecule has 0 saturated heterocycles. The Hall–Kier alpha value is -2.09. The van der Waals surface area contributed by atoms with Crippen LogP contribution in [0.5, 0.6) is 0 Å². The van der Waals surface area contributed by atoms with Crippen LogP contribution in [0.4, 0.5) is 4.39 Å². The molecule has 0 fully saturated rings. The number of halogens is 3. The van der Waals surface area contributed by atoms with Crippen molar-refractivity contribution in [3.63, 3.8) is 0 Å². The molecule has 1 atom stereocenters. The molecule has 0 radical (unpaired) electrons. The van der Waals surface area contributed by atoms with Gasteiger partial charge in [-0.05, 0) is 49.2 Å². The predicted octanol–water partition coefficient (Wildman–Crippen LogP) is 8.32. The van der Waals surface area contributed by atoms with Gasteiger partial charge in [-0.3, -0.25) is 9.36 Å². The maximum Gasteiger partial charge on any atom is 0.220 e. The van der Waals surface area contributed by atoms with E-state index in [1.807, 2.05) is 17.6 Å². The molecule has 0 aliphatic heterocycles. The largest absolute Gasteiger partial charge is 0.346 e. The second-order valence-corrected chi connectivity index (χ2v) is 10.6. The fraction of sp³-hybridized carbons (Fsp3) is 0.444. The molecule has 1 unspecified atom stereocenters. The van der Waals surface area contributed by atoms with Crippen LogP contribution in [0.2, 0.25) is 10.0 Å². The summed E-state index contributed by atoms with van der Waals surface area (Å²) in [5.41, 5.74) is 1.63. The normalized spacial score (nSPS) is 12.0. The maximum atomic E-state index is 13.3. The molecule has 3 aromatic rings. The van der Waals surface area contributed by atoms with Crippen molar-refractivity contribution in [3.8, 4) is 5.69 Å². The van der Waals surface area contributed by atoms with Gasteiger partial charge in [0.25, 0.3) is 0 Å². The summed E-state index contributed by atoms with van der Waals surface area (Å²) in [5.74, 6) is 0.869. The molecule has 194 valence electrons. The number of amides is 1. The van der Waals surface area contributed by atoms with Gasteiger partial charge in [0, 0.05) is 17.2 Å². The fourth-order valence-corrected chi connectivity index (χ4v) is 5.29. The van der Waals surface area contributed by atoms with E-state index >= 15 is 0 Å². The SMILES string of the molecule is CCCCCCCCCC(=O)NC(C)c1nnc(SCc2ccc(F)cc2)n1-c1ccc(Cl)cc1Cl. The molecular formula is C27H33Cl2FN4OS. The quantitative estimate of drug-likeness (QED) is 0.162. The molecule has 1 aromatic heterocycles. The maximum absolute atomic E-state index is 13.3. The second kappa shape index (κ2) is 14.6. The summed E-state index contributed by atoms with van der Waals surface area (Å²) >= 11 is 14.1. The van der Waals surface area contributed by atoms with Gasteiger partial charge in [-0.15, -0.1) is 10.2 Å². The van der Waals surface area contributed by atoms with E-state index in [0.29, 0.717) is 38.9 Å². The van der Waals surface area contributed by atoms with Crippen molar-refractivity contribution in [1.82, 2.24) is 20.1 Å². The number of carbonyl (C=O) groups is 1. The van der Waals surface area contributed by atoms with Gasteiger partial charge in [0.15, 0.2) is 11.0 Å². The van der Waals surface area contributed by atoms with E-state index in [1.54, 1.807) is 24.3 Å². The topological polar surface area (TPSA) is 59.8 Å². The zero-order valence-electron chi connectivity index (χ0n) is 20.8. The molecule has 36 heavy (non-hydrogen) atoms. The highest BCUT2D eigenvalue weighted by Gasteiger charge is 2.22. The van der Waals surface area contributed by atoms with E-state index in [1.165, 1.54) is 56.0 Å². The van der Waals surface area contributed by atoms with Crippen molar-refractivity contribution in [1.29, 1.82) is 0 Å². The molecule has 0 aliphatic rings. The first kappa shape index (κ1) is 28.5. The summed E-state index contributed by atoms with van der Waals surface area (Å²) in [6.45, 7) is 4.10. The Morgan fingerprint density at radius 2 is 1.72 bits per heavy atom. The van der Waals surface area contributed by atoms with Gasteiger partial charge in [0.1, 0.15) is 5.82 Å². The second-order valence-electron chi connectivity index (χ2n) is 8.85. The van der Waals surface area contributed by atoms with Crippen molar-refractivity contribution in [2.45, 2.75) is 82.2 Å². The van der Waals surface area contributed by atoms with Crippen LogP contribution in [0.15, 0.2) is 47.6 Å². The molecule has 5 nitrogen and oxygen atoms in total. The van der Waals surface area contributed by atoms with E-state index in [9.17, 15) is 9.18 Å². The van der Waals surface area contributed by atoms with Gasteiger partial charge in [0.2, 0.25) is 5.91 Å². The van der Waals surface area contributed by atoms with Crippen LogP contribution in [0, 0.1) is 5.82 Å². The molecule has 1 amide bonds. The van der Waals surface area contributed by atoms with E-state index in [-0.39, 0.29) is 17.8 Å². The number of benzene rings is 2. The predicted molar refractivity (Wildman–Crippen MR) is 147 cm³/mol. The average molecular weight is 552 g/mol. The highest BCUT2D eigenvalue weighted by atomic mass is 35.5. The average Bonchev–Trinajstić information content (AvgIpc) is 3.27. The van der Waals surface area contributed by atoms with Gasteiger partial charge < -0.3 is 5.32 Å². The summed E-state index contributed by atoms with van der Waals surface area (Å²) in [6.07, 6.45) is 8.60. The minimum absolute atomic E-state index is 0.00618. The van der Waals surface area contributed by atoms with Crippen LogP contribution < -0.4 is 5.32 Å². The van der Waals surface area contributed by atoms with Crippen LogP contribution in [0.1, 0.15) is 82.6 Å². The lowest BCUT2D eigenvalue weighted by molar-refractivity contribution is -0.121. The first-order valence-electron chi connectivity index (χ1n) is 12.5. The van der Waals surface area contributed by atoms with Crippen molar-refractivity contribution < 1.29 is 9.18 Å². The number of nitrogens with zero attached hydrogens (tertiary/aromatic N) is 3. The standard InChI is InChI=1S/C27H33Cl2FN4OS/c1-3-4-5-6-7-8-9-10-25(35)31-19(2)26-32-33-27(36-18-20-11-14-22(30)15-12-20)34(26)24-16-13-21(28)17-23(24)29/h11-17,19H,3-10,18H2,1-2H3,(H,31,35). The van der Waals surface area contributed by atoms with Gasteiger partial charge in [-0.2, -0.15) is 0 Å². The Morgan fingerprint density at radius 3 is 2.42 bits per heavy atom. The van der Waals surface area contributed by atoms with Crippen molar-refractivity contribution in [2.24, 2.45) is 0 Å². The number of unbranched alkanes of at least 4 members (excludes halogenated alkanes) is 6. The Bertz CT molecular complexity index is 1120. The summed E-state index contributed by atoms with van der Waals surface area (Å²) in [4.78, 5) is 12.6. The highest BCUT2D eigenvalue weighted by Crippen LogP contribution is 2.32. The molecule has 9 heteroatoms. The summed E-state index contributed by atoms with van der Waals surface area (Å²) in [5, 5.41) is 13.4. The number of aromatic nitrogens is 3. The number of nitrogens with one attached hydrogen (secondary N) is 1. The Morgan fingerprint density at radius 1 is 1.03 bits per heavy atom. The third-order valence-corrected chi connectivity index (χ3v) is 7.40. The molecular weight excluding hydrogens is 518 g/mol. The first-order valence-corrected chi connectivity index (χ1v) is 14.2. The molecule has 1 heterocycles. The van der Waals surface area contributed by atoms with E-state index in [2.05, 4.69) is 22.4 Å². The molecule has 0 aliphatic carbocycles. The minimum atomic E-state index is -0.374. The van der Waals surface area contributed by atoms with Gasteiger partial charge >= 0.3 is 0 Å². The third-order valence-electron chi connectivity index (χ3n) is 5.86. The van der Waals surface area contributed by atoms with Crippen LogP contribution in [0.3, 0.4) is 0 Å². The van der Waals surface area contributed by atoms with E-state index < -0.39 is 0 Å². The Labute approximate surface area is 227 Å². The van der Waals surface area contributed by atoms with Gasteiger partial charge in [-0.25, -0.2) is 4.39 Å². The number of hydrogen-bond donors (Lipinski definition) is 1. The lowest BCUT2D eigenvalue weighted by Gasteiger charge is -2.17. The minimum Gasteiger partial charge on any atom is -0.346 e. The van der Waals surface area contributed by atoms with Crippen LogP contribution in [-0.4, -0.2) is 20.7 Å². The highest BCUT2D eigenvalue weighted by molar-refractivity contribution is 7.98. The molecule has 0 spiro atoms. The van der Waals surface area contributed by atoms with Crippen molar-refractivity contribution >= 4 is 40.9 Å². The van der Waals surface area contributed by atoms with Crippen LogP contribution >= 0.6 is 35.0 Å². The molecule has 0 bridgehead atoms. The number of carbonyl (C=O) groups excluding carboxylic acids is 1.